The van der Waals surface area contributed by atoms with Gasteiger partial charge in [-0.2, -0.15) is 0 Å². The largest absolute Gasteiger partial charge is 0.370 e. The summed E-state index contributed by atoms with van der Waals surface area (Å²) in [6.07, 6.45) is 0. The van der Waals surface area contributed by atoms with Crippen molar-refractivity contribution in [3.05, 3.63) is 29.8 Å². The molecule has 1 unspecified atom stereocenters. The highest BCUT2D eigenvalue weighted by Gasteiger charge is 2.21. The lowest BCUT2D eigenvalue weighted by molar-refractivity contribution is -0.122. The number of carbonyl (C=O) groups excluding carboxylic acids is 1. The molecule has 2 rings (SSSR count). The van der Waals surface area contributed by atoms with Crippen LogP contribution in [0.4, 0.5) is 5.69 Å². The minimum atomic E-state index is -0.0199. The van der Waals surface area contributed by atoms with Crippen LogP contribution < -0.4 is 15.5 Å². The summed E-state index contributed by atoms with van der Waals surface area (Å²) in [6.45, 7) is 6.73. The van der Waals surface area contributed by atoms with Crippen molar-refractivity contribution in [3.63, 3.8) is 0 Å². The molecule has 0 radical (unpaired) electrons. The van der Waals surface area contributed by atoms with Gasteiger partial charge in [-0.1, -0.05) is 18.2 Å². The third-order valence-corrected chi connectivity index (χ3v) is 4.49. The van der Waals surface area contributed by atoms with Crippen molar-refractivity contribution in [1.29, 1.82) is 0 Å². The lowest BCUT2D eigenvalue weighted by Crippen LogP contribution is -2.44. The zero-order chi connectivity index (χ0) is 14.4. The summed E-state index contributed by atoms with van der Waals surface area (Å²) in [6, 6.07) is 8.35. The number of para-hydroxylation sites is 1. The van der Waals surface area contributed by atoms with Crippen molar-refractivity contribution in [2.24, 2.45) is 0 Å². The highest BCUT2D eigenvalue weighted by molar-refractivity contribution is 7.99. The number of aryl methyl sites for hydroxylation is 1. The van der Waals surface area contributed by atoms with Gasteiger partial charge < -0.3 is 10.2 Å². The molecule has 1 fully saturated rings. The van der Waals surface area contributed by atoms with Crippen LogP contribution in [0.2, 0.25) is 0 Å². The van der Waals surface area contributed by atoms with Gasteiger partial charge in [-0.3, -0.25) is 10.1 Å². The van der Waals surface area contributed by atoms with Crippen LogP contribution in [0.25, 0.3) is 0 Å². The average Bonchev–Trinajstić information content (AvgIpc) is 2.99. The number of nitrogens with one attached hydrogen (secondary N) is 2. The monoisotopic (exact) mass is 293 g/mol. The second kappa shape index (κ2) is 7.55. The van der Waals surface area contributed by atoms with Crippen molar-refractivity contribution < 1.29 is 4.79 Å². The molecule has 1 aromatic carbocycles. The molecule has 0 spiro atoms. The maximum Gasteiger partial charge on any atom is 0.238 e. The van der Waals surface area contributed by atoms with Crippen molar-refractivity contribution in [2.75, 3.05) is 36.2 Å². The van der Waals surface area contributed by atoms with E-state index in [9.17, 15) is 4.79 Å². The summed E-state index contributed by atoms with van der Waals surface area (Å²) in [4.78, 5) is 14.2. The predicted octanol–water partition coefficient (Wildman–Crippen LogP) is 1.60. The number of anilines is 1. The molecule has 0 saturated carbocycles. The minimum absolute atomic E-state index is 0.0199. The standard InChI is InChI=1S/C15H23N3OS/c1-3-18(14-7-5-4-6-12(14)2)9-8-16-15(19)13-10-20-11-17-13/h4-7,13,17H,3,8-11H2,1-2H3,(H,16,19). The first kappa shape index (κ1) is 15.2. The van der Waals surface area contributed by atoms with Crippen LogP contribution >= 0.6 is 11.8 Å². The van der Waals surface area contributed by atoms with Crippen molar-refractivity contribution in [2.45, 2.75) is 19.9 Å². The van der Waals surface area contributed by atoms with Gasteiger partial charge in [0.25, 0.3) is 0 Å². The Balaban J connectivity index is 1.82. The van der Waals surface area contributed by atoms with Crippen molar-refractivity contribution in [1.82, 2.24) is 10.6 Å². The minimum Gasteiger partial charge on any atom is -0.370 e. The number of hydrogen-bond acceptors (Lipinski definition) is 4. The number of thioether (sulfide) groups is 1. The van der Waals surface area contributed by atoms with E-state index < -0.39 is 0 Å². The lowest BCUT2D eigenvalue weighted by atomic mass is 10.2. The van der Waals surface area contributed by atoms with E-state index in [0.717, 1.165) is 24.7 Å². The number of rotatable bonds is 6. The van der Waals surface area contributed by atoms with E-state index in [4.69, 9.17) is 0 Å². The van der Waals surface area contributed by atoms with Crippen LogP contribution in [0.3, 0.4) is 0 Å². The fourth-order valence-corrected chi connectivity index (χ4v) is 3.31. The molecule has 1 aliphatic heterocycles. The molecule has 1 atom stereocenters. The Morgan fingerprint density at radius 2 is 2.30 bits per heavy atom. The quantitative estimate of drug-likeness (QED) is 0.836. The molecular weight excluding hydrogens is 270 g/mol. The van der Waals surface area contributed by atoms with E-state index in [1.165, 1.54) is 11.3 Å². The van der Waals surface area contributed by atoms with E-state index in [2.05, 4.69) is 53.6 Å². The first-order valence-corrected chi connectivity index (χ1v) is 8.27. The summed E-state index contributed by atoms with van der Waals surface area (Å²) in [5.74, 6) is 1.87. The van der Waals surface area contributed by atoms with Gasteiger partial charge in [0.2, 0.25) is 5.91 Å². The van der Waals surface area contributed by atoms with Crippen LogP contribution in [0.15, 0.2) is 24.3 Å². The predicted molar refractivity (Wildman–Crippen MR) is 86.3 cm³/mol. The fourth-order valence-electron chi connectivity index (χ4n) is 2.37. The second-order valence-electron chi connectivity index (χ2n) is 4.93. The molecule has 1 aliphatic rings. The van der Waals surface area contributed by atoms with Gasteiger partial charge in [-0.15, -0.1) is 11.8 Å². The topological polar surface area (TPSA) is 44.4 Å². The lowest BCUT2D eigenvalue weighted by Gasteiger charge is -2.25. The molecule has 110 valence electrons. The Morgan fingerprint density at radius 1 is 1.50 bits per heavy atom. The van der Waals surface area contributed by atoms with Crippen LogP contribution in [0.1, 0.15) is 12.5 Å². The Morgan fingerprint density at radius 3 is 2.95 bits per heavy atom. The van der Waals surface area contributed by atoms with Gasteiger partial charge in [0, 0.05) is 37.0 Å². The summed E-state index contributed by atoms with van der Waals surface area (Å²) in [7, 11) is 0. The van der Waals surface area contributed by atoms with Gasteiger partial charge in [0.15, 0.2) is 0 Å². The Kier molecular flexibility index (Phi) is 5.73. The Labute approximate surface area is 125 Å². The maximum absolute atomic E-state index is 11.9. The first-order valence-electron chi connectivity index (χ1n) is 7.11. The third-order valence-electron chi connectivity index (χ3n) is 3.55. The van der Waals surface area contributed by atoms with Crippen LogP contribution in [-0.2, 0) is 4.79 Å². The molecule has 1 amide bonds. The molecule has 20 heavy (non-hydrogen) atoms. The smallest absolute Gasteiger partial charge is 0.238 e. The number of nitrogens with zero attached hydrogens (tertiary/aromatic N) is 1. The Bertz CT molecular complexity index is 446. The molecule has 0 aliphatic carbocycles. The zero-order valence-corrected chi connectivity index (χ0v) is 13.0. The molecule has 5 heteroatoms. The third kappa shape index (κ3) is 3.90. The molecule has 1 heterocycles. The first-order chi connectivity index (χ1) is 9.72. The number of amides is 1. The summed E-state index contributed by atoms with van der Waals surface area (Å²) in [5, 5.41) is 6.21. The maximum atomic E-state index is 11.9. The normalized spacial score (nSPS) is 18.0. The highest BCUT2D eigenvalue weighted by Crippen LogP contribution is 2.18. The molecular formula is C15H23N3OS. The van der Waals surface area contributed by atoms with Crippen LogP contribution in [0.5, 0.6) is 0 Å². The van der Waals surface area contributed by atoms with Crippen molar-refractivity contribution in [3.8, 4) is 0 Å². The second-order valence-corrected chi connectivity index (χ2v) is 5.96. The van der Waals surface area contributed by atoms with E-state index in [1.807, 2.05) is 0 Å². The van der Waals surface area contributed by atoms with Crippen LogP contribution in [0, 0.1) is 6.92 Å². The van der Waals surface area contributed by atoms with Gasteiger partial charge in [0.1, 0.15) is 0 Å². The van der Waals surface area contributed by atoms with Crippen LogP contribution in [-0.4, -0.2) is 43.2 Å². The highest BCUT2D eigenvalue weighted by atomic mass is 32.2. The van der Waals surface area contributed by atoms with Crippen molar-refractivity contribution >= 4 is 23.4 Å². The molecule has 1 saturated heterocycles. The van der Waals surface area contributed by atoms with Gasteiger partial charge >= 0.3 is 0 Å². The van der Waals surface area contributed by atoms with Gasteiger partial charge in [0.05, 0.1) is 6.04 Å². The molecule has 4 nitrogen and oxygen atoms in total. The summed E-state index contributed by atoms with van der Waals surface area (Å²) < 4.78 is 0. The number of benzene rings is 1. The molecule has 0 aromatic heterocycles. The molecule has 1 aromatic rings. The molecule has 2 N–H and O–H groups in total. The number of hydrogen-bond donors (Lipinski definition) is 2. The molecule has 0 bridgehead atoms. The fraction of sp³-hybridized carbons (Fsp3) is 0.533. The van der Waals surface area contributed by atoms with Gasteiger partial charge in [-0.25, -0.2) is 0 Å². The van der Waals surface area contributed by atoms with Gasteiger partial charge in [-0.05, 0) is 25.5 Å². The average molecular weight is 293 g/mol. The van der Waals surface area contributed by atoms with E-state index >= 15 is 0 Å². The number of carbonyl (C=O) groups is 1. The Hall–Kier alpha value is -1.20. The summed E-state index contributed by atoms with van der Waals surface area (Å²) in [5.41, 5.74) is 2.52. The van der Waals surface area contributed by atoms with E-state index in [0.29, 0.717) is 6.54 Å². The number of likely N-dealkylation sites (N-methyl/N-ethyl adjacent to an activating group) is 1. The SMILES string of the molecule is CCN(CCNC(=O)C1CSCN1)c1ccccc1C. The summed E-state index contributed by atoms with van der Waals surface area (Å²) >= 11 is 1.77. The zero-order valence-electron chi connectivity index (χ0n) is 12.2. The van der Waals surface area contributed by atoms with E-state index in [-0.39, 0.29) is 11.9 Å². The van der Waals surface area contributed by atoms with E-state index in [1.54, 1.807) is 11.8 Å².